The van der Waals surface area contributed by atoms with Crippen molar-refractivity contribution in [3.8, 4) is 0 Å². The first-order chi connectivity index (χ1) is 8.48. The van der Waals surface area contributed by atoms with E-state index in [0.29, 0.717) is 0 Å². The van der Waals surface area contributed by atoms with Crippen LogP contribution in [0.1, 0.15) is 71.6 Å². The van der Waals surface area contributed by atoms with Gasteiger partial charge >= 0.3 is 0 Å². The second-order valence-electron chi connectivity index (χ2n) is 6.72. The van der Waals surface area contributed by atoms with Crippen molar-refractivity contribution in [1.29, 1.82) is 0 Å². The summed E-state index contributed by atoms with van der Waals surface area (Å²) in [5.41, 5.74) is 0. The van der Waals surface area contributed by atoms with Crippen LogP contribution in [-0.4, -0.2) is 15.4 Å². The Balaban J connectivity index is 3.12. The molecule has 0 saturated heterocycles. The highest BCUT2D eigenvalue weighted by atomic mass is 28.4. The SMILES string of the molecule is CO[Si](C)(C)CCCCCCCCCCC(C)C. The highest BCUT2D eigenvalue weighted by molar-refractivity contribution is 6.71. The highest BCUT2D eigenvalue weighted by Gasteiger charge is 2.18. The Morgan fingerprint density at radius 1 is 0.778 bits per heavy atom. The molecule has 0 unspecified atom stereocenters. The largest absolute Gasteiger partial charge is 0.420 e. The van der Waals surface area contributed by atoms with E-state index < -0.39 is 8.32 Å². The predicted octanol–water partition coefficient (Wildman–Crippen LogP) is 6.00. The maximum atomic E-state index is 5.57. The van der Waals surface area contributed by atoms with Gasteiger partial charge < -0.3 is 4.43 Å². The van der Waals surface area contributed by atoms with Gasteiger partial charge in [0, 0.05) is 7.11 Å². The van der Waals surface area contributed by atoms with Crippen LogP contribution >= 0.6 is 0 Å². The fraction of sp³-hybridized carbons (Fsp3) is 1.00. The Bertz CT molecular complexity index is 178. The molecule has 0 N–H and O–H groups in total. The molecule has 0 aromatic carbocycles. The monoisotopic (exact) mass is 272 g/mol. The summed E-state index contributed by atoms with van der Waals surface area (Å²) in [4.78, 5) is 0. The molecular formula is C16H36OSi. The van der Waals surface area contributed by atoms with Gasteiger partial charge in [-0.3, -0.25) is 0 Å². The van der Waals surface area contributed by atoms with Crippen LogP contribution in [0.5, 0.6) is 0 Å². The molecular weight excluding hydrogens is 236 g/mol. The van der Waals surface area contributed by atoms with Crippen LogP contribution in [0.3, 0.4) is 0 Å². The lowest BCUT2D eigenvalue weighted by molar-refractivity contribution is 0.400. The average molecular weight is 273 g/mol. The molecule has 0 saturated carbocycles. The first-order valence-corrected chi connectivity index (χ1v) is 11.1. The summed E-state index contributed by atoms with van der Waals surface area (Å²) in [6, 6.07) is 1.33. The third kappa shape index (κ3) is 12.6. The molecule has 0 rings (SSSR count). The first kappa shape index (κ1) is 18.2. The van der Waals surface area contributed by atoms with E-state index in [1.807, 2.05) is 7.11 Å². The molecule has 0 radical (unpaired) electrons. The van der Waals surface area contributed by atoms with Crippen molar-refractivity contribution < 1.29 is 4.43 Å². The van der Waals surface area contributed by atoms with Crippen LogP contribution in [-0.2, 0) is 4.43 Å². The zero-order valence-electron chi connectivity index (χ0n) is 13.6. The Hall–Kier alpha value is 0.177. The average Bonchev–Trinajstić information content (AvgIpc) is 2.31. The maximum absolute atomic E-state index is 5.57. The van der Waals surface area contributed by atoms with Crippen molar-refractivity contribution in [2.24, 2.45) is 5.92 Å². The highest BCUT2D eigenvalue weighted by Crippen LogP contribution is 2.17. The van der Waals surface area contributed by atoms with Crippen molar-refractivity contribution in [3.05, 3.63) is 0 Å². The third-order valence-electron chi connectivity index (χ3n) is 3.86. The van der Waals surface area contributed by atoms with Crippen molar-refractivity contribution >= 4 is 8.32 Å². The number of unbranched alkanes of at least 4 members (excludes halogenated alkanes) is 7. The van der Waals surface area contributed by atoms with E-state index in [2.05, 4.69) is 26.9 Å². The zero-order valence-corrected chi connectivity index (χ0v) is 14.6. The summed E-state index contributed by atoms with van der Waals surface area (Å²) in [6.07, 6.45) is 12.8. The molecule has 0 spiro atoms. The summed E-state index contributed by atoms with van der Waals surface area (Å²) in [5, 5.41) is 0. The van der Waals surface area contributed by atoms with E-state index in [-0.39, 0.29) is 0 Å². The minimum absolute atomic E-state index is 0.887. The van der Waals surface area contributed by atoms with Gasteiger partial charge in [-0.25, -0.2) is 0 Å². The lowest BCUT2D eigenvalue weighted by Crippen LogP contribution is -2.27. The van der Waals surface area contributed by atoms with Crippen LogP contribution in [0, 0.1) is 5.92 Å². The smallest absolute Gasteiger partial charge is 0.186 e. The van der Waals surface area contributed by atoms with E-state index in [1.165, 1.54) is 63.8 Å². The topological polar surface area (TPSA) is 9.23 Å². The van der Waals surface area contributed by atoms with Crippen molar-refractivity contribution in [1.82, 2.24) is 0 Å². The fourth-order valence-corrected chi connectivity index (χ4v) is 3.57. The molecule has 1 nitrogen and oxygen atoms in total. The lowest BCUT2D eigenvalue weighted by atomic mass is 10.0. The van der Waals surface area contributed by atoms with Crippen molar-refractivity contribution in [2.75, 3.05) is 7.11 Å². The quantitative estimate of drug-likeness (QED) is 0.312. The van der Waals surface area contributed by atoms with Crippen molar-refractivity contribution in [3.63, 3.8) is 0 Å². The molecule has 0 amide bonds. The van der Waals surface area contributed by atoms with Gasteiger partial charge in [0.25, 0.3) is 0 Å². The number of rotatable bonds is 12. The van der Waals surface area contributed by atoms with Gasteiger partial charge in [-0.15, -0.1) is 0 Å². The summed E-state index contributed by atoms with van der Waals surface area (Å²) in [5.74, 6) is 0.887. The molecule has 0 aromatic rings. The minimum atomic E-state index is -1.27. The summed E-state index contributed by atoms with van der Waals surface area (Å²) >= 11 is 0. The normalized spacial score (nSPS) is 12.3. The molecule has 0 aliphatic heterocycles. The van der Waals surface area contributed by atoms with E-state index in [1.54, 1.807) is 0 Å². The van der Waals surface area contributed by atoms with Gasteiger partial charge in [0.15, 0.2) is 8.32 Å². The number of hydrogen-bond acceptors (Lipinski definition) is 1. The van der Waals surface area contributed by atoms with Crippen LogP contribution < -0.4 is 0 Å². The first-order valence-electron chi connectivity index (χ1n) is 8.03. The Morgan fingerprint density at radius 2 is 1.22 bits per heavy atom. The van der Waals surface area contributed by atoms with Gasteiger partial charge in [-0.2, -0.15) is 0 Å². The third-order valence-corrected chi connectivity index (χ3v) is 6.53. The second kappa shape index (κ2) is 11.0. The Morgan fingerprint density at radius 3 is 1.67 bits per heavy atom. The molecule has 0 atom stereocenters. The molecule has 0 aliphatic carbocycles. The van der Waals surface area contributed by atoms with E-state index in [0.717, 1.165) is 5.92 Å². The molecule has 110 valence electrons. The van der Waals surface area contributed by atoms with E-state index >= 15 is 0 Å². The van der Waals surface area contributed by atoms with Gasteiger partial charge in [-0.1, -0.05) is 71.6 Å². The van der Waals surface area contributed by atoms with Gasteiger partial charge in [0.05, 0.1) is 0 Å². The van der Waals surface area contributed by atoms with Crippen LogP contribution in [0.4, 0.5) is 0 Å². The predicted molar refractivity (Wildman–Crippen MR) is 85.7 cm³/mol. The molecule has 0 fully saturated rings. The Kier molecular flexibility index (Phi) is 11.1. The van der Waals surface area contributed by atoms with Crippen LogP contribution in [0.25, 0.3) is 0 Å². The molecule has 18 heavy (non-hydrogen) atoms. The van der Waals surface area contributed by atoms with Gasteiger partial charge in [-0.05, 0) is 25.1 Å². The molecule has 0 aromatic heterocycles. The van der Waals surface area contributed by atoms with E-state index in [9.17, 15) is 0 Å². The zero-order chi connectivity index (χ0) is 13.9. The second-order valence-corrected chi connectivity index (χ2v) is 11.2. The minimum Gasteiger partial charge on any atom is -0.420 e. The fourth-order valence-electron chi connectivity index (χ4n) is 2.27. The molecule has 0 bridgehead atoms. The number of hydrogen-bond donors (Lipinski definition) is 0. The van der Waals surface area contributed by atoms with Crippen LogP contribution in [0.15, 0.2) is 0 Å². The summed E-state index contributed by atoms with van der Waals surface area (Å²) < 4.78 is 5.57. The molecule has 0 heterocycles. The molecule has 0 aliphatic rings. The van der Waals surface area contributed by atoms with E-state index in [4.69, 9.17) is 4.43 Å². The van der Waals surface area contributed by atoms with Gasteiger partial charge in [0.1, 0.15) is 0 Å². The maximum Gasteiger partial charge on any atom is 0.186 e. The molecule has 2 heteroatoms. The summed E-state index contributed by atoms with van der Waals surface area (Å²) in [6.45, 7) is 9.29. The van der Waals surface area contributed by atoms with Gasteiger partial charge in [0.2, 0.25) is 0 Å². The lowest BCUT2D eigenvalue weighted by Gasteiger charge is -2.19. The van der Waals surface area contributed by atoms with Crippen LogP contribution in [0.2, 0.25) is 19.1 Å². The standard InChI is InChI=1S/C16H36OSi/c1-16(2)14-12-10-8-6-7-9-11-13-15-18(4,5)17-3/h16H,6-15H2,1-5H3. The van der Waals surface area contributed by atoms with Crippen molar-refractivity contribution in [2.45, 2.75) is 90.8 Å². The summed E-state index contributed by atoms with van der Waals surface area (Å²) in [7, 11) is 0.604. The Labute approximate surface area is 117 Å².